The van der Waals surface area contributed by atoms with Crippen LogP contribution in [-0.4, -0.2) is 87.1 Å². The van der Waals surface area contributed by atoms with Crippen molar-refractivity contribution in [3.05, 3.63) is 35.9 Å². The molecule has 4 amide bonds. The lowest BCUT2D eigenvalue weighted by Gasteiger charge is -2.55. The van der Waals surface area contributed by atoms with Gasteiger partial charge in [0.25, 0.3) is 0 Å². The van der Waals surface area contributed by atoms with Gasteiger partial charge in [-0.2, -0.15) is 5.01 Å². The number of hydrogen-bond donors (Lipinski definition) is 2. The number of fused-ring (bicyclic) bond motifs is 1. The standard InChI is InChI=1S/C27H37N5O5/c1-3-5-6-7-11-17-29-19-23-31(22(26(29)36)14-15-25(34)35)24(33)20-30(16-4-2)32(23)27(37)28-18-21-12-9-8-10-13-21/h2,8-10,12-13,22-23H,3,5-7,11,14-20H2,1H3,(H,28,37)(H,34,35)/t22-,23-/m0/s1. The minimum Gasteiger partial charge on any atom is -0.481 e. The Morgan fingerprint density at radius 2 is 1.86 bits per heavy atom. The Morgan fingerprint density at radius 1 is 1.14 bits per heavy atom. The molecule has 2 heterocycles. The van der Waals surface area contributed by atoms with Crippen LogP contribution in [0.4, 0.5) is 4.79 Å². The number of carboxylic acid groups (broad SMARTS) is 1. The number of nitrogens with one attached hydrogen (secondary N) is 1. The van der Waals surface area contributed by atoms with Gasteiger partial charge in [-0.05, 0) is 18.4 Å². The molecule has 0 bridgehead atoms. The van der Waals surface area contributed by atoms with Crippen molar-refractivity contribution in [1.82, 2.24) is 25.1 Å². The van der Waals surface area contributed by atoms with Crippen LogP contribution in [0.15, 0.2) is 30.3 Å². The molecule has 0 radical (unpaired) electrons. The zero-order valence-corrected chi connectivity index (χ0v) is 21.5. The number of carboxylic acids is 1. The van der Waals surface area contributed by atoms with Crippen LogP contribution in [0.2, 0.25) is 0 Å². The minimum absolute atomic E-state index is 0.0165. The first-order chi connectivity index (χ1) is 17.9. The molecule has 10 heteroatoms. The maximum Gasteiger partial charge on any atom is 0.334 e. The predicted octanol–water partition coefficient (Wildman–Crippen LogP) is 2.26. The molecule has 0 aromatic heterocycles. The average Bonchev–Trinajstić information content (AvgIpc) is 2.88. The normalized spacial score (nSPS) is 19.9. The van der Waals surface area contributed by atoms with E-state index in [1.807, 2.05) is 30.3 Å². The third kappa shape index (κ3) is 7.23. The van der Waals surface area contributed by atoms with Gasteiger partial charge in [0.15, 0.2) is 0 Å². The number of hydrogen-bond acceptors (Lipinski definition) is 5. The number of aliphatic carboxylic acids is 1. The van der Waals surface area contributed by atoms with Crippen LogP contribution >= 0.6 is 0 Å². The summed E-state index contributed by atoms with van der Waals surface area (Å²) in [6.45, 7) is 2.91. The molecule has 2 aliphatic heterocycles. The Hall–Kier alpha value is -3.58. The van der Waals surface area contributed by atoms with Gasteiger partial charge in [-0.1, -0.05) is 68.9 Å². The molecule has 0 aliphatic carbocycles. The zero-order valence-electron chi connectivity index (χ0n) is 21.5. The molecule has 1 aromatic carbocycles. The van der Waals surface area contributed by atoms with E-state index >= 15 is 0 Å². The molecule has 0 saturated carbocycles. The van der Waals surface area contributed by atoms with Crippen molar-refractivity contribution in [3.63, 3.8) is 0 Å². The fourth-order valence-electron chi connectivity index (χ4n) is 4.94. The number of nitrogens with zero attached hydrogens (tertiary/aromatic N) is 4. The molecule has 1 aromatic rings. The number of unbranched alkanes of at least 4 members (excludes halogenated alkanes) is 4. The van der Waals surface area contributed by atoms with Gasteiger partial charge in [-0.25, -0.2) is 9.80 Å². The van der Waals surface area contributed by atoms with Crippen molar-refractivity contribution in [2.45, 2.75) is 70.6 Å². The second-order valence-electron chi connectivity index (χ2n) is 9.44. The molecule has 2 fully saturated rings. The number of carbonyl (C=O) groups is 4. The Bertz CT molecular complexity index is 995. The van der Waals surface area contributed by atoms with E-state index < -0.39 is 24.2 Å². The van der Waals surface area contributed by atoms with Gasteiger partial charge in [-0.3, -0.25) is 14.4 Å². The lowest BCUT2D eigenvalue weighted by atomic mass is 10.0. The molecule has 37 heavy (non-hydrogen) atoms. The summed E-state index contributed by atoms with van der Waals surface area (Å²) in [7, 11) is 0. The Labute approximate surface area is 218 Å². The van der Waals surface area contributed by atoms with E-state index in [0.717, 1.165) is 37.7 Å². The third-order valence-electron chi connectivity index (χ3n) is 6.76. The molecule has 200 valence electrons. The average molecular weight is 512 g/mol. The first kappa shape index (κ1) is 28.0. The first-order valence-electron chi connectivity index (χ1n) is 13.0. The van der Waals surface area contributed by atoms with E-state index in [1.165, 1.54) is 14.9 Å². The first-order valence-corrected chi connectivity index (χ1v) is 13.0. The summed E-state index contributed by atoms with van der Waals surface area (Å²) < 4.78 is 0. The van der Waals surface area contributed by atoms with Gasteiger partial charge in [-0.15, -0.1) is 6.42 Å². The lowest BCUT2D eigenvalue weighted by Crippen LogP contribution is -2.76. The fourth-order valence-corrected chi connectivity index (χ4v) is 4.94. The number of amides is 4. The van der Waals surface area contributed by atoms with E-state index in [4.69, 9.17) is 6.42 Å². The molecule has 3 rings (SSSR count). The van der Waals surface area contributed by atoms with Crippen molar-refractivity contribution in [3.8, 4) is 12.3 Å². The molecular weight excluding hydrogens is 474 g/mol. The summed E-state index contributed by atoms with van der Waals surface area (Å²) in [6, 6.07) is 8.06. The van der Waals surface area contributed by atoms with Crippen LogP contribution in [0.25, 0.3) is 0 Å². The highest BCUT2D eigenvalue weighted by atomic mass is 16.4. The predicted molar refractivity (Wildman–Crippen MR) is 138 cm³/mol. The van der Waals surface area contributed by atoms with Crippen LogP contribution in [0.5, 0.6) is 0 Å². The Kier molecular flexibility index (Phi) is 10.3. The maximum absolute atomic E-state index is 13.5. The van der Waals surface area contributed by atoms with Crippen LogP contribution in [0.1, 0.15) is 57.4 Å². The lowest BCUT2D eigenvalue weighted by molar-refractivity contribution is -0.189. The minimum atomic E-state index is -1.04. The summed E-state index contributed by atoms with van der Waals surface area (Å²) in [4.78, 5) is 54.6. The highest BCUT2D eigenvalue weighted by molar-refractivity contribution is 5.91. The molecule has 2 aliphatic rings. The summed E-state index contributed by atoms with van der Waals surface area (Å²) in [5, 5.41) is 15.1. The van der Waals surface area contributed by atoms with Gasteiger partial charge in [0.2, 0.25) is 11.8 Å². The van der Waals surface area contributed by atoms with Crippen molar-refractivity contribution in [2.75, 3.05) is 26.2 Å². The summed E-state index contributed by atoms with van der Waals surface area (Å²) in [5.74, 6) is 0.852. The molecule has 0 spiro atoms. The summed E-state index contributed by atoms with van der Waals surface area (Å²) in [6.07, 6.45) is 9.57. The van der Waals surface area contributed by atoms with Gasteiger partial charge < -0.3 is 20.2 Å². The summed E-state index contributed by atoms with van der Waals surface area (Å²) >= 11 is 0. The highest BCUT2D eigenvalue weighted by Gasteiger charge is 2.51. The monoisotopic (exact) mass is 511 g/mol. The Balaban J connectivity index is 1.86. The smallest absolute Gasteiger partial charge is 0.334 e. The second-order valence-corrected chi connectivity index (χ2v) is 9.44. The Morgan fingerprint density at radius 3 is 2.54 bits per heavy atom. The SMILES string of the molecule is C#CCN1CC(=O)N2[C@@H](CCC(=O)O)C(=O)N(CCCCCCC)C[C@@H]2N1C(=O)NCc1ccccc1. The highest BCUT2D eigenvalue weighted by Crippen LogP contribution is 2.28. The quantitative estimate of drug-likeness (QED) is 0.329. The van der Waals surface area contributed by atoms with Gasteiger partial charge in [0.05, 0.1) is 19.6 Å². The summed E-state index contributed by atoms with van der Waals surface area (Å²) in [5.41, 5.74) is 0.913. The molecule has 2 saturated heterocycles. The van der Waals surface area contributed by atoms with Crippen molar-refractivity contribution >= 4 is 23.8 Å². The number of urea groups is 1. The van der Waals surface area contributed by atoms with Crippen LogP contribution < -0.4 is 5.32 Å². The number of terminal acetylenes is 1. The molecular formula is C27H37N5O5. The van der Waals surface area contributed by atoms with Crippen LogP contribution in [-0.2, 0) is 20.9 Å². The number of piperazine rings is 1. The fraction of sp³-hybridized carbons (Fsp3) is 0.556. The van der Waals surface area contributed by atoms with E-state index in [2.05, 4.69) is 18.2 Å². The van der Waals surface area contributed by atoms with Crippen molar-refractivity contribution < 1.29 is 24.3 Å². The molecule has 10 nitrogen and oxygen atoms in total. The third-order valence-corrected chi connectivity index (χ3v) is 6.76. The maximum atomic E-state index is 13.5. The molecule has 2 atom stereocenters. The largest absolute Gasteiger partial charge is 0.481 e. The van der Waals surface area contributed by atoms with Crippen LogP contribution in [0.3, 0.4) is 0 Å². The molecule has 0 unspecified atom stereocenters. The number of rotatable bonds is 12. The number of hydrazine groups is 1. The van der Waals surface area contributed by atoms with Crippen LogP contribution in [0, 0.1) is 12.3 Å². The topological polar surface area (TPSA) is 114 Å². The van der Waals surface area contributed by atoms with Gasteiger partial charge in [0.1, 0.15) is 12.2 Å². The van der Waals surface area contributed by atoms with Crippen molar-refractivity contribution in [1.29, 1.82) is 0 Å². The molecule has 2 N–H and O–H groups in total. The number of carbonyl (C=O) groups excluding carboxylic acids is 3. The van der Waals surface area contributed by atoms with Gasteiger partial charge in [0, 0.05) is 19.5 Å². The number of benzene rings is 1. The second kappa shape index (κ2) is 13.7. The van der Waals surface area contributed by atoms with Gasteiger partial charge >= 0.3 is 12.0 Å². The van der Waals surface area contributed by atoms with E-state index in [9.17, 15) is 24.3 Å². The van der Waals surface area contributed by atoms with Crippen molar-refractivity contribution in [2.24, 2.45) is 0 Å². The zero-order chi connectivity index (χ0) is 26.8. The van der Waals surface area contributed by atoms with E-state index in [0.29, 0.717) is 6.54 Å². The van der Waals surface area contributed by atoms with E-state index in [1.54, 1.807) is 4.90 Å². The van der Waals surface area contributed by atoms with E-state index in [-0.39, 0.29) is 50.8 Å².